The van der Waals surface area contributed by atoms with Crippen LogP contribution in [-0.2, 0) is 9.59 Å². The number of aliphatic hydroxyl groups is 3. The average Bonchev–Trinajstić information content (AvgIpc) is 2.80. The highest BCUT2D eigenvalue weighted by Crippen LogP contribution is 2.75. The van der Waals surface area contributed by atoms with Gasteiger partial charge in [-0.2, -0.15) is 0 Å². The van der Waals surface area contributed by atoms with Crippen molar-refractivity contribution < 1.29 is 35.1 Å². The lowest BCUT2D eigenvalue weighted by atomic mass is 9.33. The van der Waals surface area contributed by atoms with E-state index < -0.39 is 52.4 Å². The Morgan fingerprint density at radius 3 is 2.03 bits per heavy atom. The second kappa shape index (κ2) is 7.82. The van der Waals surface area contributed by atoms with Crippen molar-refractivity contribution in [2.24, 2.45) is 50.2 Å². The summed E-state index contributed by atoms with van der Waals surface area (Å²) in [6.45, 7) is 12.3. The number of hydrogen-bond acceptors (Lipinski definition) is 5. The molecule has 0 heterocycles. The highest BCUT2D eigenvalue weighted by atomic mass is 16.4. The van der Waals surface area contributed by atoms with Crippen LogP contribution in [0.5, 0.6) is 0 Å². The number of carboxylic acids is 2. The minimum atomic E-state index is -1.44. The van der Waals surface area contributed by atoms with Crippen LogP contribution in [0, 0.1) is 50.2 Å². The smallest absolute Gasteiger partial charge is 0.312 e. The first kappa shape index (κ1) is 27.1. The van der Waals surface area contributed by atoms with Crippen molar-refractivity contribution in [1.29, 1.82) is 0 Å². The Morgan fingerprint density at radius 2 is 1.43 bits per heavy atom. The zero-order valence-electron chi connectivity index (χ0n) is 23.3. The van der Waals surface area contributed by atoms with Gasteiger partial charge in [-0.1, -0.05) is 46.3 Å². The Labute approximate surface area is 220 Å². The van der Waals surface area contributed by atoms with E-state index in [2.05, 4.69) is 26.8 Å². The summed E-state index contributed by atoms with van der Waals surface area (Å²) in [5, 5.41) is 54.3. The molecule has 0 bridgehead atoms. The van der Waals surface area contributed by atoms with Crippen molar-refractivity contribution in [3.8, 4) is 0 Å². The SMILES string of the molecule is CC1(C)CC[C@]2(C(=O)O)CC[C@]3(C)C(=CC[C@@H]4[C@@]5(C)C[C@@H](O)[C@H](O)[C@@](C)(C(=O)O)[C@@H]5CC[C@]43C)[C@@H]2[C@@H]1O. The second-order valence-electron chi connectivity index (χ2n) is 15.0. The van der Waals surface area contributed by atoms with Gasteiger partial charge < -0.3 is 25.5 Å². The molecule has 0 amide bonds. The van der Waals surface area contributed by atoms with Crippen LogP contribution in [-0.4, -0.2) is 55.8 Å². The molecule has 37 heavy (non-hydrogen) atoms. The topological polar surface area (TPSA) is 135 Å². The first-order valence-corrected chi connectivity index (χ1v) is 14.1. The fourth-order valence-electron chi connectivity index (χ4n) is 10.7. The first-order valence-electron chi connectivity index (χ1n) is 14.1. The molecule has 7 heteroatoms. The van der Waals surface area contributed by atoms with Crippen molar-refractivity contribution in [1.82, 2.24) is 0 Å². The number of allylic oxidation sites excluding steroid dienone is 1. The van der Waals surface area contributed by atoms with Crippen LogP contribution in [0.4, 0.5) is 0 Å². The molecule has 0 aromatic heterocycles. The van der Waals surface area contributed by atoms with E-state index in [-0.39, 0.29) is 28.1 Å². The van der Waals surface area contributed by atoms with Crippen LogP contribution >= 0.6 is 0 Å². The van der Waals surface area contributed by atoms with Crippen LogP contribution in [0.3, 0.4) is 0 Å². The molecule has 0 aromatic carbocycles. The van der Waals surface area contributed by atoms with Gasteiger partial charge in [0.25, 0.3) is 0 Å². The van der Waals surface area contributed by atoms with E-state index in [0.717, 1.165) is 12.0 Å². The minimum Gasteiger partial charge on any atom is -0.481 e. The molecule has 5 N–H and O–H groups in total. The number of carboxylic acid groups (broad SMARTS) is 2. The van der Waals surface area contributed by atoms with E-state index in [9.17, 15) is 35.1 Å². The molecule has 208 valence electrons. The molecule has 4 saturated carbocycles. The van der Waals surface area contributed by atoms with Crippen molar-refractivity contribution >= 4 is 11.9 Å². The molecule has 0 aliphatic heterocycles. The summed E-state index contributed by atoms with van der Waals surface area (Å²) in [6, 6.07) is 0. The van der Waals surface area contributed by atoms with Crippen molar-refractivity contribution in [2.45, 2.75) is 111 Å². The zero-order chi connectivity index (χ0) is 27.6. The Morgan fingerprint density at radius 1 is 0.811 bits per heavy atom. The summed E-state index contributed by atoms with van der Waals surface area (Å²) in [6.07, 6.45) is 3.88. The molecule has 4 fully saturated rings. The molecule has 0 spiro atoms. The van der Waals surface area contributed by atoms with Crippen molar-refractivity contribution in [3.05, 3.63) is 11.6 Å². The molecule has 0 aromatic rings. The molecule has 5 aliphatic carbocycles. The summed E-state index contributed by atoms with van der Waals surface area (Å²) in [4.78, 5) is 25.4. The second-order valence-corrected chi connectivity index (χ2v) is 15.0. The van der Waals surface area contributed by atoms with Gasteiger partial charge in [-0.05, 0) is 91.8 Å². The third-order valence-corrected chi connectivity index (χ3v) is 13.4. The minimum absolute atomic E-state index is 0.0689. The largest absolute Gasteiger partial charge is 0.481 e. The summed E-state index contributed by atoms with van der Waals surface area (Å²) < 4.78 is 0. The lowest BCUT2D eigenvalue weighted by Gasteiger charge is -2.71. The van der Waals surface area contributed by atoms with Crippen LogP contribution in [0.1, 0.15) is 92.9 Å². The third kappa shape index (κ3) is 3.05. The Balaban J connectivity index is 1.64. The van der Waals surface area contributed by atoms with Gasteiger partial charge in [0.2, 0.25) is 0 Å². The predicted molar refractivity (Wildman–Crippen MR) is 137 cm³/mol. The number of aliphatic carboxylic acids is 2. The summed E-state index contributed by atoms with van der Waals surface area (Å²) in [5.41, 5.74) is -2.80. The van der Waals surface area contributed by atoms with Crippen molar-refractivity contribution in [3.63, 3.8) is 0 Å². The summed E-state index contributed by atoms with van der Waals surface area (Å²) >= 11 is 0. The third-order valence-electron chi connectivity index (χ3n) is 13.4. The molecule has 0 unspecified atom stereocenters. The maximum absolute atomic E-state index is 12.8. The number of hydrogen-bond donors (Lipinski definition) is 5. The van der Waals surface area contributed by atoms with Gasteiger partial charge in [-0.3, -0.25) is 9.59 Å². The summed E-state index contributed by atoms with van der Waals surface area (Å²) in [5.74, 6) is -2.53. The van der Waals surface area contributed by atoms with Crippen molar-refractivity contribution in [2.75, 3.05) is 0 Å². The highest BCUT2D eigenvalue weighted by Gasteiger charge is 2.72. The number of fused-ring (bicyclic) bond motifs is 7. The monoisotopic (exact) mass is 518 g/mol. The highest BCUT2D eigenvalue weighted by molar-refractivity contribution is 5.77. The van der Waals surface area contributed by atoms with Crippen LogP contribution in [0.2, 0.25) is 0 Å². The molecule has 0 saturated heterocycles. The van der Waals surface area contributed by atoms with Crippen LogP contribution < -0.4 is 0 Å². The van der Waals surface area contributed by atoms with E-state index in [1.807, 2.05) is 13.8 Å². The van der Waals surface area contributed by atoms with Gasteiger partial charge in [0.05, 0.1) is 29.1 Å². The Kier molecular flexibility index (Phi) is 5.73. The standard InChI is InChI=1S/C30H46O7/c1-25(2)11-13-30(24(36)37)14-12-27(4)16(20(30)22(25)33)7-8-18-26(3)15-17(31)21(32)29(6,23(34)35)19(26)9-10-28(18,27)5/h7,17-22,31-33H,8-15H2,1-6H3,(H,34,35)(H,36,37)/t17-,18-,19-,20-,21+,22+,26-,27-,28-,29+,30+/m1/s1. The fourth-order valence-corrected chi connectivity index (χ4v) is 10.7. The summed E-state index contributed by atoms with van der Waals surface area (Å²) in [7, 11) is 0. The molecule has 5 rings (SSSR count). The van der Waals surface area contributed by atoms with E-state index in [0.29, 0.717) is 44.9 Å². The maximum atomic E-state index is 12.8. The van der Waals surface area contributed by atoms with Gasteiger partial charge in [0.15, 0.2) is 0 Å². The molecular formula is C30H46O7. The number of aliphatic hydroxyl groups excluding tert-OH is 3. The number of carbonyl (C=O) groups is 2. The van der Waals surface area contributed by atoms with Crippen LogP contribution in [0.25, 0.3) is 0 Å². The number of rotatable bonds is 2. The Hall–Kier alpha value is -1.44. The lowest BCUT2D eigenvalue weighted by molar-refractivity contribution is -0.241. The van der Waals surface area contributed by atoms with Gasteiger partial charge in [-0.25, -0.2) is 0 Å². The zero-order valence-corrected chi connectivity index (χ0v) is 23.3. The molecule has 7 nitrogen and oxygen atoms in total. The fraction of sp³-hybridized carbons (Fsp3) is 0.867. The molecule has 0 radical (unpaired) electrons. The van der Waals surface area contributed by atoms with E-state index in [1.54, 1.807) is 6.92 Å². The molecule has 11 atom stereocenters. The first-order chi connectivity index (χ1) is 16.9. The van der Waals surface area contributed by atoms with E-state index in [4.69, 9.17) is 0 Å². The van der Waals surface area contributed by atoms with Crippen LogP contribution in [0.15, 0.2) is 11.6 Å². The Bertz CT molecular complexity index is 1050. The van der Waals surface area contributed by atoms with E-state index >= 15 is 0 Å². The average molecular weight is 519 g/mol. The maximum Gasteiger partial charge on any atom is 0.312 e. The van der Waals surface area contributed by atoms with E-state index in [1.165, 1.54) is 0 Å². The normalized spacial score (nSPS) is 54.6. The molecular weight excluding hydrogens is 472 g/mol. The van der Waals surface area contributed by atoms with Gasteiger partial charge >= 0.3 is 11.9 Å². The molecule has 5 aliphatic rings. The van der Waals surface area contributed by atoms with Gasteiger partial charge in [-0.15, -0.1) is 0 Å². The van der Waals surface area contributed by atoms with Gasteiger partial charge in [0, 0.05) is 5.92 Å². The predicted octanol–water partition coefficient (Wildman–Crippen LogP) is 4.24. The van der Waals surface area contributed by atoms with Gasteiger partial charge in [0.1, 0.15) is 0 Å². The quantitative estimate of drug-likeness (QED) is 0.345. The lowest BCUT2D eigenvalue weighted by Crippen LogP contribution is -2.69.